The molecular formula is C14H28N6O3. The van der Waals surface area contributed by atoms with Crippen molar-refractivity contribution in [1.29, 1.82) is 5.41 Å². The van der Waals surface area contributed by atoms with Crippen LogP contribution in [-0.2, 0) is 14.4 Å². The number of hydrogen-bond acceptors (Lipinski definition) is 5. The Morgan fingerprint density at radius 3 is 2.22 bits per heavy atom. The second-order valence-corrected chi connectivity index (χ2v) is 5.75. The van der Waals surface area contributed by atoms with Crippen LogP contribution in [0.4, 0.5) is 0 Å². The van der Waals surface area contributed by atoms with E-state index in [2.05, 4.69) is 16.0 Å². The fraction of sp³-hybridized carbons (Fsp3) is 0.714. The lowest BCUT2D eigenvalue weighted by molar-refractivity contribution is -0.131. The summed E-state index contributed by atoms with van der Waals surface area (Å²) in [6.45, 7) is 5.54. The molecule has 23 heavy (non-hydrogen) atoms. The number of carbonyl (C=O) groups is 3. The minimum atomic E-state index is -0.758. The van der Waals surface area contributed by atoms with E-state index in [1.807, 2.05) is 0 Å². The van der Waals surface area contributed by atoms with E-state index in [1.165, 1.54) is 6.92 Å². The van der Waals surface area contributed by atoms with Crippen LogP contribution in [0, 0.1) is 11.3 Å². The molecule has 0 unspecified atom stereocenters. The molecule has 0 rings (SSSR count). The zero-order chi connectivity index (χ0) is 18.0. The van der Waals surface area contributed by atoms with Gasteiger partial charge in [0.15, 0.2) is 5.96 Å². The van der Waals surface area contributed by atoms with Crippen LogP contribution < -0.4 is 27.4 Å². The number of guanidine groups is 1. The third-order valence-corrected chi connectivity index (χ3v) is 3.16. The normalized spacial score (nSPS) is 14.5. The Labute approximate surface area is 136 Å². The molecule has 0 aromatic carbocycles. The maximum Gasteiger partial charge on any atom is 0.243 e. The van der Waals surface area contributed by atoms with Crippen molar-refractivity contribution in [3.63, 3.8) is 0 Å². The lowest BCUT2D eigenvalue weighted by atomic mass is 10.0. The number of carbonyl (C=O) groups excluding carboxylic acids is 3. The zero-order valence-corrected chi connectivity index (χ0v) is 13.9. The first-order chi connectivity index (χ1) is 10.7. The van der Waals surface area contributed by atoms with Crippen molar-refractivity contribution in [2.75, 3.05) is 6.54 Å². The smallest absolute Gasteiger partial charge is 0.243 e. The van der Waals surface area contributed by atoms with Crippen LogP contribution in [0.15, 0.2) is 0 Å². The highest BCUT2D eigenvalue weighted by Gasteiger charge is 2.26. The van der Waals surface area contributed by atoms with Crippen LogP contribution >= 0.6 is 0 Å². The van der Waals surface area contributed by atoms with Gasteiger partial charge in [-0.15, -0.1) is 0 Å². The largest absolute Gasteiger partial charge is 0.370 e. The predicted molar refractivity (Wildman–Crippen MR) is 87.6 cm³/mol. The van der Waals surface area contributed by atoms with Gasteiger partial charge < -0.3 is 32.2 Å². The fourth-order valence-corrected chi connectivity index (χ4v) is 1.81. The summed E-state index contributed by atoms with van der Waals surface area (Å²) in [6, 6.07) is -2.14. The Kier molecular flexibility index (Phi) is 9.56. The SMILES string of the molecule is CC(C)[C@H](NC(=O)[C@H](C)N)C(=O)N[C@H](C=O)CCCNC(=N)N. The summed E-state index contributed by atoms with van der Waals surface area (Å²) >= 11 is 0. The second-order valence-electron chi connectivity index (χ2n) is 5.75. The van der Waals surface area contributed by atoms with Crippen molar-refractivity contribution in [3.05, 3.63) is 0 Å². The quantitative estimate of drug-likeness (QED) is 0.123. The molecule has 8 N–H and O–H groups in total. The molecule has 9 heteroatoms. The van der Waals surface area contributed by atoms with Gasteiger partial charge in [-0.05, 0) is 25.7 Å². The molecule has 0 heterocycles. The Morgan fingerprint density at radius 1 is 1.17 bits per heavy atom. The summed E-state index contributed by atoms with van der Waals surface area (Å²) in [5, 5.41) is 14.8. The highest BCUT2D eigenvalue weighted by molar-refractivity contribution is 5.90. The standard InChI is InChI=1S/C14H28N6O3/c1-8(2)11(20-12(22)9(3)15)13(23)19-10(7-21)5-4-6-18-14(16)17/h7-11H,4-6,15H2,1-3H3,(H,19,23)(H,20,22)(H4,16,17,18)/t9-,10-,11-/m0/s1. The van der Waals surface area contributed by atoms with Gasteiger partial charge in [0.25, 0.3) is 0 Å². The molecule has 0 saturated heterocycles. The van der Waals surface area contributed by atoms with Crippen LogP contribution in [0.3, 0.4) is 0 Å². The van der Waals surface area contributed by atoms with Gasteiger partial charge in [-0.3, -0.25) is 15.0 Å². The van der Waals surface area contributed by atoms with E-state index in [-0.39, 0.29) is 11.9 Å². The summed E-state index contributed by atoms with van der Waals surface area (Å²) in [5.74, 6) is -1.14. The van der Waals surface area contributed by atoms with Gasteiger partial charge in [-0.1, -0.05) is 13.8 Å². The van der Waals surface area contributed by atoms with Crippen LogP contribution in [0.1, 0.15) is 33.6 Å². The van der Waals surface area contributed by atoms with Crippen LogP contribution in [-0.4, -0.2) is 48.7 Å². The van der Waals surface area contributed by atoms with E-state index in [1.54, 1.807) is 13.8 Å². The summed E-state index contributed by atoms with van der Waals surface area (Å²) in [4.78, 5) is 35.0. The van der Waals surface area contributed by atoms with E-state index < -0.39 is 29.9 Å². The van der Waals surface area contributed by atoms with E-state index in [4.69, 9.17) is 16.9 Å². The van der Waals surface area contributed by atoms with E-state index >= 15 is 0 Å². The predicted octanol–water partition coefficient (Wildman–Crippen LogP) is -1.58. The molecule has 0 saturated carbocycles. The van der Waals surface area contributed by atoms with Gasteiger partial charge in [0.1, 0.15) is 12.3 Å². The molecule has 0 fully saturated rings. The Bertz CT molecular complexity index is 425. The third-order valence-electron chi connectivity index (χ3n) is 3.16. The molecule has 0 aromatic heterocycles. The number of rotatable bonds is 10. The Morgan fingerprint density at radius 2 is 1.78 bits per heavy atom. The number of amides is 2. The maximum absolute atomic E-state index is 12.3. The molecular weight excluding hydrogens is 300 g/mol. The second kappa shape index (κ2) is 10.5. The average molecular weight is 328 g/mol. The molecule has 0 spiro atoms. The Balaban J connectivity index is 4.53. The van der Waals surface area contributed by atoms with Gasteiger partial charge in [0.2, 0.25) is 11.8 Å². The summed E-state index contributed by atoms with van der Waals surface area (Å²) in [7, 11) is 0. The van der Waals surface area contributed by atoms with Crippen molar-refractivity contribution in [2.24, 2.45) is 17.4 Å². The molecule has 0 aliphatic carbocycles. The lowest BCUT2D eigenvalue weighted by Crippen LogP contribution is -2.55. The topological polar surface area (TPSA) is 163 Å². The van der Waals surface area contributed by atoms with Crippen LogP contribution in [0.5, 0.6) is 0 Å². The number of hydrogen-bond donors (Lipinski definition) is 6. The number of aldehydes is 1. The first kappa shape index (κ1) is 20.8. The van der Waals surface area contributed by atoms with Crippen molar-refractivity contribution < 1.29 is 14.4 Å². The Hall–Kier alpha value is -2.16. The van der Waals surface area contributed by atoms with Crippen molar-refractivity contribution in [2.45, 2.75) is 51.7 Å². The lowest BCUT2D eigenvalue weighted by Gasteiger charge is -2.24. The summed E-state index contributed by atoms with van der Waals surface area (Å²) in [6.07, 6.45) is 1.61. The molecule has 2 amide bonds. The average Bonchev–Trinajstić information content (AvgIpc) is 2.46. The van der Waals surface area contributed by atoms with Crippen molar-refractivity contribution >= 4 is 24.1 Å². The van der Waals surface area contributed by atoms with E-state index in [9.17, 15) is 14.4 Å². The first-order valence-electron chi connectivity index (χ1n) is 7.58. The molecule has 0 aromatic rings. The van der Waals surface area contributed by atoms with Gasteiger partial charge in [0, 0.05) is 6.54 Å². The van der Waals surface area contributed by atoms with Gasteiger partial charge >= 0.3 is 0 Å². The van der Waals surface area contributed by atoms with Crippen molar-refractivity contribution in [3.8, 4) is 0 Å². The molecule has 0 bridgehead atoms. The fourth-order valence-electron chi connectivity index (χ4n) is 1.81. The van der Waals surface area contributed by atoms with E-state index in [0.717, 1.165) is 0 Å². The first-order valence-corrected chi connectivity index (χ1v) is 7.58. The number of nitrogens with two attached hydrogens (primary N) is 2. The third kappa shape index (κ3) is 8.77. The molecule has 3 atom stereocenters. The highest BCUT2D eigenvalue weighted by Crippen LogP contribution is 2.04. The monoisotopic (exact) mass is 328 g/mol. The van der Waals surface area contributed by atoms with Crippen LogP contribution in [0.2, 0.25) is 0 Å². The zero-order valence-electron chi connectivity index (χ0n) is 13.9. The van der Waals surface area contributed by atoms with E-state index in [0.29, 0.717) is 25.7 Å². The molecule has 0 radical (unpaired) electrons. The van der Waals surface area contributed by atoms with Gasteiger partial charge in [-0.25, -0.2) is 0 Å². The summed E-state index contributed by atoms with van der Waals surface area (Å²) < 4.78 is 0. The van der Waals surface area contributed by atoms with Gasteiger partial charge in [-0.2, -0.15) is 0 Å². The molecule has 9 nitrogen and oxygen atoms in total. The van der Waals surface area contributed by atoms with Gasteiger partial charge in [0.05, 0.1) is 12.1 Å². The maximum atomic E-state index is 12.3. The van der Waals surface area contributed by atoms with Crippen LogP contribution in [0.25, 0.3) is 0 Å². The molecule has 132 valence electrons. The minimum absolute atomic E-state index is 0.143. The summed E-state index contributed by atoms with van der Waals surface area (Å²) in [5.41, 5.74) is 10.6. The highest BCUT2D eigenvalue weighted by atomic mass is 16.2. The number of nitrogens with one attached hydrogen (secondary N) is 4. The minimum Gasteiger partial charge on any atom is -0.370 e. The van der Waals surface area contributed by atoms with Crippen molar-refractivity contribution in [1.82, 2.24) is 16.0 Å². The molecule has 0 aliphatic rings. The molecule has 0 aliphatic heterocycles.